The lowest BCUT2D eigenvalue weighted by Crippen LogP contribution is -2.45. The second-order valence-electron chi connectivity index (χ2n) is 3.69. The highest BCUT2D eigenvalue weighted by Gasteiger charge is 2.27. The van der Waals surface area contributed by atoms with E-state index < -0.39 is 0 Å². The molecule has 3 nitrogen and oxygen atoms in total. The zero-order chi connectivity index (χ0) is 8.97. The molecule has 0 radical (unpaired) electrons. The van der Waals surface area contributed by atoms with E-state index in [0.29, 0.717) is 17.9 Å². The first kappa shape index (κ1) is 9.96. The normalized spacial score (nSPS) is 33.2. The van der Waals surface area contributed by atoms with E-state index >= 15 is 0 Å². The van der Waals surface area contributed by atoms with E-state index in [9.17, 15) is 0 Å². The lowest BCUT2D eigenvalue weighted by atomic mass is 9.83. The van der Waals surface area contributed by atoms with E-state index in [2.05, 4.69) is 19.3 Å². The molecule has 0 aromatic carbocycles. The number of ether oxygens (including phenoxy) is 1. The van der Waals surface area contributed by atoms with Crippen molar-refractivity contribution < 1.29 is 4.74 Å². The Morgan fingerprint density at radius 3 is 2.92 bits per heavy atom. The van der Waals surface area contributed by atoms with Crippen LogP contribution in [0.3, 0.4) is 0 Å². The van der Waals surface area contributed by atoms with Gasteiger partial charge in [0.15, 0.2) is 0 Å². The van der Waals surface area contributed by atoms with Crippen LogP contribution in [0.4, 0.5) is 0 Å². The van der Waals surface area contributed by atoms with Crippen molar-refractivity contribution in [1.82, 2.24) is 5.43 Å². The molecular formula is C9H20N2O. The molecule has 72 valence electrons. The second-order valence-corrected chi connectivity index (χ2v) is 3.69. The molecular weight excluding hydrogens is 152 g/mol. The van der Waals surface area contributed by atoms with Crippen LogP contribution in [0, 0.1) is 11.8 Å². The van der Waals surface area contributed by atoms with Crippen molar-refractivity contribution in [2.24, 2.45) is 17.7 Å². The highest BCUT2D eigenvalue weighted by molar-refractivity contribution is 4.79. The smallest absolute Gasteiger partial charge is 0.0494 e. The molecule has 12 heavy (non-hydrogen) atoms. The van der Waals surface area contributed by atoms with Gasteiger partial charge in [-0.15, -0.1) is 0 Å². The Bertz CT molecular complexity index is 126. The number of hydrogen-bond donors (Lipinski definition) is 2. The second kappa shape index (κ2) is 4.80. The highest BCUT2D eigenvalue weighted by atomic mass is 16.5. The van der Waals surface area contributed by atoms with E-state index in [-0.39, 0.29) is 0 Å². The van der Waals surface area contributed by atoms with Gasteiger partial charge in [0, 0.05) is 19.3 Å². The van der Waals surface area contributed by atoms with E-state index in [0.717, 1.165) is 26.1 Å². The maximum Gasteiger partial charge on any atom is 0.0494 e. The fourth-order valence-electron chi connectivity index (χ4n) is 2.04. The monoisotopic (exact) mass is 172 g/mol. The van der Waals surface area contributed by atoms with Crippen LogP contribution < -0.4 is 11.3 Å². The van der Waals surface area contributed by atoms with Crippen LogP contribution in [0.1, 0.15) is 26.7 Å². The molecule has 3 N–H and O–H groups in total. The summed E-state index contributed by atoms with van der Waals surface area (Å²) in [6.45, 7) is 6.20. The van der Waals surface area contributed by atoms with Gasteiger partial charge >= 0.3 is 0 Å². The fourth-order valence-corrected chi connectivity index (χ4v) is 2.04. The molecule has 0 saturated carbocycles. The minimum absolute atomic E-state index is 0.462. The average Bonchev–Trinajstić information content (AvgIpc) is 2.10. The van der Waals surface area contributed by atoms with Gasteiger partial charge in [0.25, 0.3) is 0 Å². The SMILES string of the molecule is CCC(NN)C1CCOCC1C. The molecule has 1 aliphatic rings. The topological polar surface area (TPSA) is 47.3 Å². The Balaban J connectivity index is 2.45. The first-order chi connectivity index (χ1) is 5.79. The molecule has 1 rings (SSSR count). The molecule has 1 fully saturated rings. The Hall–Kier alpha value is -0.120. The van der Waals surface area contributed by atoms with Crippen molar-refractivity contribution >= 4 is 0 Å². The van der Waals surface area contributed by atoms with Gasteiger partial charge in [-0.25, -0.2) is 0 Å². The van der Waals surface area contributed by atoms with Crippen molar-refractivity contribution in [3.05, 3.63) is 0 Å². The van der Waals surface area contributed by atoms with Crippen LogP contribution in [0.25, 0.3) is 0 Å². The summed E-state index contributed by atoms with van der Waals surface area (Å²) in [5.74, 6) is 6.81. The zero-order valence-electron chi connectivity index (χ0n) is 8.05. The molecule has 0 bridgehead atoms. The molecule has 1 saturated heterocycles. The number of hydrogen-bond acceptors (Lipinski definition) is 3. The van der Waals surface area contributed by atoms with Crippen molar-refractivity contribution in [3.63, 3.8) is 0 Å². The van der Waals surface area contributed by atoms with Crippen LogP contribution in [-0.4, -0.2) is 19.3 Å². The first-order valence-electron chi connectivity index (χ1n) is 4.83. The van der Waals surface area contributed by atoms with Crippen molar-refractivity contribution in [2.75, 3.05) is 13.2 Å². The van der Waals surface area contributed by atoms with Crippen LogP contribution in [0.5, 0.6) is 0 Å². The average molecular weight is 172 g/mol. The number of hydrazine groups is 1. The van der Waals surface area contributed by atoms with Gasteiger partial charge in [0.1, 0.15) is 0 Å². The predicted molar refractivity (Wildman–Crippen MR) is 49.5 cm³/mol. The maximum atomic E-state index is 5.49. The molecule has 0 spiro atoms. The Morgan fingerprint density at radius 1 is 1.67 bits per heavy atom. The molecule has 3 heteroatoms. The van der Waals surface area contributed by atoms with Crippen LogP contribution >= 0.6 is 0 Å². The summed E-state index contributed by atoms with van der Waals surface area (Å²) in [7, 11) is 0. The Labute approximate surface area is 74.6 Å². The van der Waals surface area contributed by atoms with E-state index in [1.54, 1.807) is 0 Å². The Kier molecular flexibility index (Phi) is 3.98. The third kappa shape index (κ3) is 2.19. The standard InChI is InChI=1S/C9H20N2O/c1-3-9(11-10)8-4-5-12-6-7(8)2/h7-9,11H,3-6,10H2,1-2H3. The summed E-state index contributed by atoms with van der Waals surface area (Å²) in [6, 6.07) is 0.462. The van der Waals surface area contributed by atoms with Gasteiger partial charge in [-0.1, -0.05) is 13.8 Å². The van der Waals surface area contributed by atoms with Gasteiger partial charge in [-0.3, -0.25) is 11.3 Å². The molecule has 3 atom stereocenters. The molecule has 0 aliphatic carbocycles. The lowest BCUT2D eigenvalue weighted by Gasteiger charge is -2.34. The molecule has 0 aromatic heterocycles. The lowest BCUT2D eigenvalue weighted by molar-refractivity contribution is 0.0104. The van der Waals surface area contributed by atoms with E-state index in [1.807, 2.05) is 0 Å². The van der Waals surface area contributed by atoms with Gasteiger partial charge in [-0.05, 0) is 24.7 Å². The number of nitrogens with one attached hydrogen (secondary N) is 1. The zero-order valence-corrected chi connectivity index (χ0v) is 8.05. The largest absolute Gasteiger partial charge is 0.381 e. The summed E-state index contributed by atoms with van der Waals surface area (Å²) < 4.78 is 5.38. The minimum Gasteiger partial charge on any atom is -0.381 e. The summed E-state index contributed by atoms with van der Waals surface area (Å²) in [6.07, 6.45) is 2.25. The van der Waals surface area contributed by atoms with E-state index in [1.165, 1.54) is 0 Å². The van der Waals surface area contributed by atoms with Gasteiger partial charge in [0.2, 0.25) is 0 Å². The molecule has 0 aromatic rings. The van der Waals surface area contributed by atoms with Gasteiger partial charge < -0.3 is 4.74 Å². The van der Waals surface area contributed by atoms with Crippen LogP contribution in [0.2, 0.25) is 0 Å². The maximum absolute atomic E-state index is 5.49. The molecule has 1 aliphatic heterocycles. The summed E-state index contributed by atoms with van der Waals surface area (Å²) in [5.41, 5.74) is 2.90. The quantitative estimate of drug-likeness (QED) is 0.491. The van der Waals surface area contributed by atoms with Crippen molar-refractivity contribution in [2.45, 2.75) is 32.7 Å². The third-order valence-corrected chi connectivity index (χ3v) is 2.88. The van der Waals surface area contributed by atoms with E-state index in [4.69, 9.17) is 10.6 Å². The fraction of sp³-hybridized carbons (Fsp3) is 1.00. The van der Waals surface area contributed by atoms with Gasteiger partial charge in [0.05, 0.1) is 0 Å². The highest BCUT2D eigenvalue weighted by Crippen LogP contribution is 2.25. The molecule has 1 heterocycles. The van der Waals surface area contributed by atoms with Gasteiger partial charge in [-0.2, -0.15) is 0 Å². The van der Waals surface area contributed by atoms with Crippen LogP contribution in [0.15, 0.2) is 0 Å². The molecule has 3 unspecified atom stereocenters. The Morgan fingerprint density at radius 2 is 2.42 bits per heavy atom. The molecule has 0 amide bonds. The van der Waals surface area contributed by atoms with Crippen molar-refractivity contribution in [1.29, 1.82) is 0 Å². The summed E-state index contributed by atoms with van der Waals surface area (Å²) in [5, 5.41) is 0. The number of nitrogens with two attached hydrogens (primary N) is 1. The van der Waals surface area contributed by atoms with Crippen molar-refractivity contribution in [3.8, 4) is 0 Å². The van der Waals surface area contributed by atoms with Crippen LogP contribution in [-0.2, 0) is 4.74 Å². The summed E-state index contributed by atoms with van der Waals surface area (Å²) in [4.78, 5) is 0. The minimum atomic E-state index is 0.462. The first-order valence-corrected chi connectivity index (χ1v) is 4.83. The summed E-state index contributed by atoms with van der Waals surface area (Å²) >= 11 is 0. The number of rotatable bonds is 3. The predicted octanol–water partition coefficient (Wildman–Crippen LogP) is 0.901. The third-order valence-electron chi connectivity index (χ3n) is 2.88.